The molecule has 41 heavy (non-hydrogen) atoms. The zero-order chi connectivity index (χ0) is 29.3. The molecule has 0 radical (unpaired) electrons. The third kappa shape index (κ3) is 5.18. The highest BCUT2D eigenvalue weighted by Crippen LogP contribution is 2.39. The first-order chi connectivity index (χ1) is 19.7. The summed E-state index contributed by atoms with van der Waals surface area (Å²) in [6.07, 6.45) is 5.74. The maximum Gasteiger partial charge on any atom is 0.243 e. The molecule has 0 fully saturated rings. The number of sulfonamides is 1. The third-order valence-corrected chi connectivity index (χ3v) is 8.36. The van der Waals surface area contributed by atoms with Gasteiger partial charge in [0.1, 0.15) is 28.5 Å². The lowest BCUT2D eigenvalue weighted by Gasteiger charge is -2.23. The van der Waals surface area contributed by atoms with Crippen molar-refractivity contribution in [3.05, 3.63) is 72.1 Å². The van der Waals surface area contributed by atoms with Crippen LogP contribution in [0, 0.1) is 13.8 Å². The number of rotatable bonds is 10. The lowest BCUT2D eigenvalue weighted by atomic mass is 10.2. The zero-order valence-electron chi connectivity index (χ0n) is 23.4. The van der Waals surface area contributed by atoms with E-state index in [1.165, 1.54) is 28.3 Å². The highest BCUT2D eigenvalue weighted by atomic mass is 32.2. The van der Waals surface area contributed by atoms with Crippen LogP contribution in [0.5, 0.6) is 11.5 Å². The molecule has 2 atom stereocenters. The normalized spacial score (nSPS) is 13.2. The molecule has 0 bridgehead atoms. The number of nitrogens with one attached hydrogen (secondary N) is 1. The van der Waals surface area contributed by atoms with Crippen LogP contribution in [0.3, 0.4) is 0 Å². The maximum atomic E-state index is 13.8. The molecule has 0 aliphatic carbocycles. The van der Waals surface area contributed by atoms with Gasteiger partial charge in [0.25, 0.3) is 0 Å². The average molecular weight is 579 g/mol. The minimum Gasteiger partial charge on any atom is -0.494 e. The summed E-state index contributed by atoms with van der Waals surface area (Å²) in [4.78, 5) is 8.54. The van der Waals surface area contributed by atoms with E-state index in [9.17, 15) is 8.42 Å². The summed E-state index contributed by atoms with van der Waals surface area (Å²) in [6.45, 7) is 5.32. The van der Waals surface area contributed by atoms with Gasteiger partial charge in [-0.25, -0.2) is 22.9 Å². The summed E-state index contributed by atoms with van der Waals surface area (Å²) in [5, 5.41) is 12.0. The number of aryl methyl sites for hydroxylation is 2. The second-order valence-corrected chi connectivity index (χ2v) is 11.5. The van der Waals surface area contributed by atoms with Crippen molar-refractivity contribution < 1.29 is 22.6 Å². The predicted molar refractivity (Wildman–Crippen MR) is 152 cm³/mol. The Labute approximate surface area is 237 Å². The SMILES string of the molecule is COc1cccc(OC)c1-n1c(NS(=O)(=O)[C@@H](C)[C@H](OC)c2ncc(C)cn2)nnc1-c1cnn2ccc(C)cc12. The molecule has 0 unspecified atom stereocenters. The van der Waals surface area contributed by atoms with Gasteiger partial charge in [0.2, 0.25) is 16.0 Å². The molecule has 5 aromatic rings. The van der Waals surface area contributed by atoms with Gasteiger partial charge in [0.05, 0.1) is 31.5 Å². The first-order valence-corrected chi connectivity index (χ1v) is 14.2. The van der Waals surface area contributed by atoms with Gasteiger partial charge in [-0.15, -0.1) is 10.2 Å². The Balaban J connectivity index is 1.67. The van der Waals surface area contributed by atoms with E-state index in [1.54, 1.807) is 45.9 Å². The fourth-order valence-corrected chi connectivity index (χ4v) is 5.62. The summed E-state index contributed by atoms with van der Waals surface area (Å²) in [5.41, 5.74) is 3.63. The molecular formula is C27H30N8O5S. The van der Waals surface area contributed by atoms with E-state index in [2.05, 4.69) is 30.0 Å². The van der Waals surface area contributed by atoms with Crippen LogP contribution < -0.4 is 14.2 Å². The van der Waals surface area contributed by atoms with E-state index in [-0.39, 0.29) is 11.8 Å². The number of hydrogen-bond acceptors (Lipinski definition) is 10. The number of hydrogen-bond donors (Lipinski definition) is 1. The molecule has 1 aromatic carbocycles. The summed E-state index contributed by atoms with van der Waals surface area (Å²) in [5.74, 6) is 1.31. The van der Waals surface area contributed by atoms with E-state index in [4.69, 9.17) is 14.2 Å². The van der Waals surface area contributed by atoms with Crippen LogP contribution in [0.2, 0.25) is 0 Å². The maximum absolute atomic E-state index is 13.8. The van der Waals surface area contributed by atoms with Gasteiger partial charge >= 0.3 is 0 Å². The minimum atomic E-state index is -4.14. The predicted octanol–water partition coefficient (Wildman–Crippen LogP) is 3.52. The van der Waals surface area contributed by atoms with Crippen LogP contribution in [0.15, 0.2) is 55.1 Å². The van der Waals surface area contributed by atoms with Gasteiger partial charge in [-0.05, 0) is 56.2 Å². The topological polar surface area (TPSA) is 148 Å². The Hall–Kier alpha value is -4.56. The third-order valence-electron chi connectivity index (χ3n) is 6.67. The van der Waals surface area contributed by atoms with Gasteiger partial charge in [-0.1, -0.05) is 6.07 Å². The molecule has 13 nitrogen and oxygen atoms in total. The van der Waals surface area contributed by atoms with E-state index in [0.29, 0.717) is 28.6 Å². The Bertz CT molecular complexity index is 1780. The van der Waals surface area contributed by atoms with Crippen LogP contribution >= 0.6 is 0 Å². The number of aromatic nitrogens is 7. The lowest BCUT2D eigenvalue weighted by Crippen LogP contribution is -2.33. The van der Waals surface area contributed by atoms with Gasteiger partial charge in [-0.2, -0.15) is 5.10 Å². The quantitative estimate of drug-likeness (QED) is 0.261. The lowest BCUT2D eigenvalue weighted by molar-refractivity contribution is 0.0949. The number of methoxy groups -OCH3 is 3. The van der Waals surface area contributed by atoms with Crippen molar-refractivity contribution in [2.75, 3.05) is 26.1 Å². The molecule has 0 saturated heterocycles. The van der Waals surface area contributed by atoms with E-state index < -0.39 is 21.4 Å². The fraction of sp³-hybridized carbons (Fsp3) is 0.296. The van der Waals surface area contributed by atoms with E-state index >= 15 is 0 Å². The van der Waals surface area contributed by atoms with Gasteiger partial charge in [-0.3, -0.25) is 9.29 Å². The van der Waals surface area contributed by atoms with Crippen molar-refractivity contribution in [2.45, 2.75) is 32.1 Å². The molecule has 214 valence electrons. The van der Waals surface area contributed by atoms with Crippen molar-refractivity contribution in [2.24, 2.45) is 0 Å². The van der Waals surface area contributed by atoms with Crippen LogP contribution in [-0.4, -0.2) is 69.3 Å². The van der Waals surface area contributed by atoms with Gasteiger partial charge in [0, 0.05) is 25.7 Å². The molecule has 0 aliphatic heterocycles. The van der Waals surface area contributed by atoms with Crippen molar-refractivity contribution in [3.63, 3.8) is 0 Å². The largest absolute Gasteiger partial charge is 0.494 e. The Morgan fingerprint density at radius 3 is 2.24 bits per heavy atom. The summed E-state index contributed by atoms with van der Waals surface area (Å²) < 4.78 is 50.3. The second-order valence-electron chi connectivity index (χ2n) is 9.41. The summed E-state index contributed by atoms with van der Waals surface area (Å²) in [6, 6.07) is 9.12. The highest BCUT2D eigenvalue weighted by molar-refractivity contribution is 7.93. The van der Waals surface area contributed by atoms with E-state index in [1.807, 2.05) is 32.2 Å². The minimum absolute atomic E-state index is 0.0821. The average Bonchev–Trinajstić information content (AvgIpc) is 3.56. The van der Waals surface area contributed by atoms with Crippen LogP contribution in [0.25, 0.3) is 22.6 Å². The number of anilines is 1. The number of pyridine rings is 1. The monoisotopic (exact) mass is 578 g/mol. The highest BCUT2D eigenvalue weighted by Gasteiger charge is 2.35. The van der Waals surface area contributed by atoms with Crippen molar-refractivity contribution in [3.8, 4) is 28.6 Å². The smallest absolute Gasteiger partial charge is 0.243 e. The van der Waals surface area contributed by atoms with E-state index in [0.717, 1.165) is 16.6 Å². The number of ether oxygens (including phenoxy) is 3. The number of nitrogens with zero attached hydrogens (tertiary/aromatic N) is 7. The van der Waals surface area contributed by atoms with Crippen LogP contribution in [0.4, 0.5) is 5.95 Å². The van der Waals surface area contributed by atoms with Crippen molar-refractivity contribution >= 4 is 21.5 Å². The van der Waals surface area contributed by atoms with Crippen molar-refractivity contribution in [1.82, 2.24) is 34.3 Å². The Kier molecular flexibility index (Phi) is 7.60. The first-order valence-electron chi connectivity index (χ1n) is 12.6. The molecule has 4 heterocycles. The van der Waals surface area contributed by atoms with Crippen LogP contribution in [0.1, 0.15) is 30.0 Å². The summed E-state index contributed by atoms with van der Waals surface area (Å²) >= 11 is 0. The van der Waals surface area contributed by atoms with Gasteiger partial charge < -0.3 is 14.2 Å². The number of benzene rings is 1. The molecular weight excluding hydrogens is 548 g/mol. The molecule has 0 spiro atoms. The van der Waals surface area contributed by atoms with Crippen LogP contribution in [-0.2, 0) is 14.8 Å². The number of fused-ring (bicyclic) bond motifs is 1. The molecule has 0 amide bonds. The second kappa shape index (κ2) is 11.1. The fourth-order valence-electron chi connectivity index (χ4n) is 4.49. The Morgan fingerprint density at radius 1 is 0.927 bits per heavy atom. The molecule has 5 rings (SSSR count). The zero-order valence-corrected chi connectivity index (χ0v) is 24.2. The Morgan fingerprint density at radius 2 is 1.61 bits per heavy atom. The molecule has 0 saturated carbocycles. The summed E-state index contributed by atoms with van der Waals surface area (Å²) in [7, 11) is 0.295. The molecule has 14 heteroatoms. The molecule has 4 aromatic heterocycles. The molecule has 1 N–H and O–H groups in total. The standard InChI is InChI=1S/C27H30N8O5S/c1-16-10-11-34-20(12-16)19(15-30-34)26-31-32-27(35(26)23-21(38-4)8-7-9-22(23)39-5)33-41(36,37)18(3)24(40-6)25-28-13-17(2)14-29-25/h7-15,18,24H,1-6H3,(H,32,33)/t18-,24-/m0/s1. The first kappa shape index (κ1) is 28.0. The van der Waals surface area contributed by atoms with Crippen molar-refractivity contribution in [1.29, 1.82) is 0 Å². The number of para-hydroxylation sites is 1. The van der Waals surface area contributed by atoms with Gasteiger partial charge in [0.15, 0.2) is 11.6 Å². The molecule has 0 aliphatic rings.